The van der Waals surface area contributed by atoms with Crippen LogP contribution in [0.15, 0.2) is 24.3 Å². The first-order chi connectivity index (χ1) is 6.79. The van der Waals surface area contributed by atoms with Crippen LogP contribution in [0.5, 0.6) is 5.75 Å². The fourth-order valence-electron chi connectivity index (χ4n) is 1.68. The molecule has 14 heavy (non-hydrogen) atoms. The van der Waals surface area contributed by atoms with Gasteiger partial charge in [-0.3, -0.25) is 0 Å². The van der Waals surface area contributed by atoms with E-state index in [-0.39, 0.29) is 6.10 Å². The highest BCUT2D eigenvalue weighted by molar-refractivity contribution is 5.56. The molecule has 1 aromatic carbocycles. The molecule has 1 aromatic rings. The van der Waals surface area contributed by atoms with Gasteiger partial charge < -0.3 is 4.74 Å². The number of nitriles is 1. The van der Waals surface area contributed by atoms with Crippen LogP contribution in [0.2, 0.25) is 0 Å². The summed E-state index contributed by atoms with van der Waals surface area (Å²) in [7, 11) is 0. The van der Waals surface area contributed by atoms with Gasteiger partial charge in [-0.1, -0.05) is 6.07 Å². The van der Waals surface area contributed by atoms with Gasteiger partial charge in [-0.2, -0.15) is 5.26 Å². The first-order valence-corrected chi connectivity index (χ1v) is 4.65. The SMILES string of the molecule is CC1Cc2cc(/C=C/C#N)ccc2O1. The summed E-state index contributed by atoms with van der Waals surface area (Å²) in [5.74, 6) is 0.978. The molecule has 0 spiro atoms. The molecule has 1 aliphatic heterocycles. The molecule has 0 amide bonds. The number of hydrogen-bond donors (Lipinski definition) is 0. The molecule has 1 heterocycles. The predicted octanol–water partition coefficient (Wildman–Crippen LogP) is 2.55. The van der Waals surface area contributed by atoms with Crippen LogP contribution in [-0.2, 0) is 6.42 Å². The van der Waals surface area contributed by atoms with E-state index in [0.717, 1.165) is 17.7 Å². The molecule has 1 atom stereocenters. The van der Waals surface area contributed by atoms with Gasteiger partial charge in [-0.25, -0.2) is 0 Å². The van der Waals surface area contributed by atoms with Crippen LogP contribution >= 0.6 is 0 Å². The lowest BCUT2D eigenvalue weighted by Crippen LogP contribution is -2.05. The summed E-state index contributed by atoms with van der Waals surface area (Å²) in [6, 6.07) is 7.99. The lowest BCUT2D eigenvalue weighted by atomic mass is 10.1. The Balaban J connectivity index is 2.29. The van der Waals surface area contributed by atoms with Crippen LogP contribution in [-0.4, -0.2) is 6.10 Å². The molecule has 0 fully saturated rings. The molecule has 2 heteroatoms. The molecular weight excluding hydrogens is 174 g/mol. The number of benzene rings is 1. The molecule has 1 aliphatic rings. The van der Waals surface area contributed by atoms with Gasteiger partial charge in [0.15, 0.2) is 0 Å². The maximum atomic E-state index is 8.40. The molecular formula is C12H11NO. The van der Waals surface area contributed by atoms with E-state index in [9.17, 15) is 0 Å². The second-order valence-corrected chi connectivity index (χ2v) is 3.46. The van der Waals surface area contributed by atoms with Crippen LogP contribution in [0.1, 0.15) is 18.1 Å². The molecule has 2 rings (SSSR count). The Bertz CT molecular complexity index is 415. The van der Waals surface area contributed by atoms with Crippen LogP contribution in [0.25, 0.3) is 6.08 Å². The van der Waals surface area contributed by atoms with Crippen LogP contribution in [0.3, 0.4) is 0 Å². The van der Waals surface area contributed by atoms with E-state index in [1.54, 1.807) is 0 Å². The zero-order valence-electron chi connectivity index (χ0n) is 8.03. The van der Waals surface area contributed by atoms with Crippen LogP contribution < -0.4 is 4.74 Å². The van der Waals surface area contributed by atoms with Gasteiger partial charge in [0.05, 0.1) is 6.07 Å². The maximum Gasteiger partial charge on any atom is 0.123 e. The molecule has 1 unspecified atom stereocenters. The standard InChI is InChI=1S/C12H11NO/c1-9-7-11-8-10(3-2-6-13)4-5-12(11)14-9/h2-5,8-9H,7H2,1H3/b3-2+. The van der Waals surface area contributed by atoms with Gasteiger partial charge in [0.25, 0.3) is 0 Å². The lowest BCUT2D eigenvalue weighted by Gasteiger charge is -2.01. The Morgan fingerprint density at radius 2 is 2.43 bits per heavy atom. The van der Waals surface area contributed by atoms with Crippen molar-refractivity contribution < 1.29 is 4.74 Å². The largest absolute Gasteiger partial charge is 0.490 e. The van der Waals surface area contributed by atoms with Crippen molar-refractivity contribution in [3.63, 3.8) is 0 Å². The second-order valence-electron chi connectivity index (χ2n) is 3.46. The second kappa shape index (κ2) is 3.55. The third-order valence-electron chi connectivity index (χ3n) is 2.27. The van der Waals surface area contributed by atoms with Gasteiger partial charge >= 0.3 is 0 Å². The van der Waals surface area contributed by atoms with Crippen molar-refractivity contribution in [3.8, 4) is 11.8 Å². The summed E-state index contributed by atoms with van der Waals surface area (Å²) >= 11 is 0. The quantitative estimate of drug-likeness (QED) is 0.630. The zero-order valence-corrected chi connectivity index (χ0v) is 8.03. The van der Waals surface area contributed by atoms with Crippen molar-refractivity contribution >= 4 is 6.08 Å². The Kier molecular flexibility index (Phi) is 2.24. The van der Waals surface area contributed by atoms with Crippen LogP contribution in [0.4, 0.5) is 0 Å². The van der Waals surface area contributed by atoms with Crippen molar-refractivity contribution in [2.45, 2.75) is 19.4 Å². The maximum absolute atomic E-state index is 8.40. The van der Waals surface area contributed by atoms with Gasteiger partial charge in [0.2, 0.25) is 0 Å². The van der Waals surface area contributed by atoms with E-state index in [4.69, 9.17) is 10.00 Å². The highest BCUT2D eigenvalue weighted by atomic mass is 16.5. The summed E-state index contributed by atoms with van der Waals surface area (Å²) in [6.45, 7) is 2.06. The molecule has 0 bridgehead atoms. The summed E-state index contributed by atoms with van der Waals surface area (Å²) < 4.78 is 5.58. The summed E-state index contributed by atoms with van der Waals surface area (Å²) in [5, 5.41) is 8.40. The summed E-state index contributed by atoms with van der Waals surface area (Å²) in [6.07, 6.45) is 4.54. The van der Waals surface area contributed by atoms with E-state index < -0.39 is 0 Å². The molecule has 0 N–H and O–H groups in total. The van der Waals surface area contributed by atoms with Gasteiger partial charge in [0.1, 0.15) is 11.9 Å². The Morgan fingerprint density at radius 1 is 1.57 bits per heavy atom. The third-order valence-corrected chi connectivity index (χ3v) is 2.27. The fraction of sp³-hybridized carbons (Fsp3) is 0.250. The van der Waals surface area contributed by atoms with E-state index >= 15 is 0 Å². The predicted molar refractivity (Wildman–Crippen MR) is 54.9 cm³/mol. The van der Waals surface area contributed by atoms with Crippen LogP contribution in [0, 0.1) is 11.3 Å². The zero-order chi connectivity index (χ0) is 9.97. The van der Waals surface area contributed by atoms with E-state index in [1.807, 2.05) is 24.3 Å². The van der Waals surface area contributed by atoms with Crippen molar-refractivity contribution in [2.75, 3.05) is 0 Å². The van der Waals surface area contributed by atoms with E-state index in [1.165, 1.54) is 11.6 Å². The van der Waals surface area contributed by atoms with E-state index in [0.29, 0.717) is 0 Å². The minimum Gasteiger partial charge on any atom is -0.490 e. The topological polar surface area (TPSA) is 33.0 Å². The Hall–Kier alpha value is -1.75. The fourth-order valence-corrected chi connectivity index (χ4v) is 1.68. The molecule has 0 saturated carbocycles. The van der Waals surface area contributed by atoms with Crippen molar-refractivity contribution in [3.05, 3.63) is 35.4 Å². The smallest absolute Gasteiger partial charge is 0.123 e. The van der Waals surface area contributed by atoms with Gasteiger partial charge in [0, 0.05) is 12.5 Å². The molecule has 0 aromatic heterocycles. The minimum atomic E-state index is 0.278. The molecule has 70 valence electrons. The Labute approximate surface area is 83.4 Å². The number of nitrogens with zero attached hydrogens (tertiary/aromatic N) is 1. The minimum absolute atomic E-state index is 0.278. The lowest BCUT2D eigenvalue weighted by molar-refractivity contribution is 0.254. The summed E-state index contributed by atoms with van der Waals surface area (Å²) in [4.78, 5) is 0. The number of fused-ring (bicyclic) bond motifs is 1. The first kappa shape index (κ1) is 8.83. The van der Waals surface area contributed by atoms with Crippen molar-refractivity contribution in [2.24, 2.45) is 0 Å². The monoisotopic (exact) mass is 185 g/mol. The molecule has 2 nitrogen and oxygen atoms in total. The highest BCUT2D eigenvalue weighted by Crippen LogP contribution is 2.29. The first-order valence-electron chi connectivity index (χ1n) is 4.65. The Morgan fingerprint density at radius 3 is 3.21 bits per heavy atom. The van der Waals surface area contributed by atoms with E-state index in [2.05, 4.69) is 13.0 Å². The third kappa shape index (κ3) is 1.62. The van der Waals surface area contributed by atoms with Gasteiger partial charge in [-0.15, -0.1) is 0 Å². The molecule has 0 aliphatic carbocycles. The average molecular weight is 185 g/mol. The number of rotatable bonds is 1. The summed E-state index contributed by atoms with van der Waals surface area (Å²) in [5.41, 5.74) is 2.29. The number of ether oxygens (including phenoxy) is 1. The van der Waals surface area contributed by atoms with Crippen molar-refractivity contribution in [1.82, 2.24) is 0 Å². The highest BCUT2D eigenvalue weighted by Gasteiger charge is 2.18. The molecule has 0 radical (unpaired) electrons. The van der Waals surface area contributed by atoms with Gasteiger partial charge in [-0.05, 0) is 36.3 Å². The normalized spacial score (nSPS) is 19.0. The average Bonchev–Trinajstić information content (AvgIpc) is 2.54. The number of allylic oxidation sites excluding steroid dienone is 1. The number of hydrogen-bond acceptors (Lipinski definition) is 2. The van der Waals surface area contributed by atoms with Crippen molar-refractivity contribution in [1.29, 1.82) is 5.26 Å². The molecule has 0 saturated heterocycles.